The van der Waals surface area contributed by atoms with Crippen molar-refractivity contribution >= 4 is 0 Å². The Morgan fingerprint density at radius 1 is 1.41 bits per heavy atom. The van der Waals surface area contributed by atoms with Crippen molar-refractivity contribution in [3.05, 3.63) is 29.8 Å². The molecule has 0 radical (unpaired) electrons. The number of tetrazole rings is 1. The smallest absolute Gasteiger partial charge is 0.182 e. The van der Waals surface area contributed by atoms with E-state index in [1.165, 1.54) is 5.56 Å². The van der Waals surface area contributed by atoms with E-state index >= 15 is 0 Å². The number of aryl methyl sites for hydroxylation is 2. The van der Waals surface area contributed by atoms with Gasteiger partial charge in [0.15, 0.2) is 5.82 Å². The van der Waals surface area contributed by atoms with E-state index in [1.54, 1.807) is 4.68 Å². The lowest BCUT2D eigenvalue weighted by molar-refractivity contribution is 0.569. The van der Waals surface area contributed by atoms with Crippen molar-refractivity contribution in [1.29, 1.82) is 5.26 Å². The number of benzene rings is 1. The minimum Gasteiger partial charge on any atom is -0.225 e. The van der Waals surface area contributed by atoms with E-state index in [4.69, 9.17) is 5.26 Å². The van der Waals surface area contributed by atoms with Crippen molar-refractivity contribution in [3.63, 3.8) is 0 Å². The normalized spacial score (nSPS) is 10.1. The first-order valence-corrected chi connectivity index (χ1v) is 5.51. The lowest BCUT2D eigenvalue weighted by Crippen LogP contribution is -2.03. The van der Waals surface area contributed by atoms with Crippen LogP contribution in [0.3, 0.4) is 0 Å². The SMILES string of the molecule is Cc1cccc(-c2nnnn2CCCC#N)c1. The monoisotopic (exact) mass is 227 g/mol. The average Bonchev–Trinajstić information content (AvgIpc) is 2.78. The molecule has 0 bridgehead atoms. The molecule has 0 amide bonds. The van der Waals surface area contributed by atoms with Gasteiger partial charge in [0, 0.05) is 18.5 Å². The van der Waals surface area contributed by atoms with Crippen molar-refractivity contribution in [2.75, 3.05) is 0 Å². The van der Waals surface area contributed by atoms with Crippen LogP contribution in [0.15, 0.2) is 24.3 Å². The van der Waals surface area contributed by atoms with Crippen LogP contribution >= 0.6 is 0 Å². The summed E-state index contributed by atoms with van der Waals surface area (Å²) in [6.07, 6.45) is 1.29. The molecule has 17 heavy (non-hydrogen) atoms. The molecule has 0 saturated heterocycles. The fourth-order valence-corrected chi connectivity index (χ4v) is 1.65. The largest absolute Gasteiger partial charge is 0.225 e. The van der Waals surface area contributed by atoms with E-state index in [0.29, 0.717) is 13.0 Å². The topological polar surface area (TPSA) is 67.4 Å². The molecule has 0 unspecified atom stereocenters. The lowest BCUT2D eigenvalue weighted by Gasteiger charge is -2.03. The Labute approximate surface area is 99.7 Å². The van der Waals surface area contributed by atoms with Gasteiger partial charge in [-0.1, -0.05) is 23.8 Å². The van der Waals surface area contributed by atoms with Gasteiger partial charge in [-0.2, -0.15) is 5.26 Å². The predicted molar refractivity (Wildman–Crippen MR) is 62.8 cm³/mol. The van der Waals surface area contributed by atoms with Crippen molar-refractivity contribution in [2.24, 2.45) is 0 Å². The summed E-state index contributed by atoms with van der Waals surface area (Å²) in [6.45, 7) is 2.71. The fraction of sp³-hybridized carbons (Fsp3) is 0.333. The van der Waals surface area contributed by atoms with Crippen molar-refractivity contribution in [2.45, 2.75) is 26.3 Å². The number of aromatic nitrogens is 4. The molecular formula is C12H13N5. The minimum atomic E-state index is 0.521. The lowest BCUT2D eigenvalue weighted by atomic mass is 10.1. The van der Waals surface area contributed by atoms with Gasteiger partial charge in [-0.05, 0) is 29.8 Å². The Kier molecular flexibility index (Phi) is 3.46. The molecule has 1 aromatic heterocycles. The summed E-state index contributed by atoms with van der Waals surface area (Å²) in [5.41, 5.74) is 2.18. The number of hydrogen-bond donors (Lipinski definition) is 0. The minimum absolute atomic E-state index is 0.521. The highest BCUT2D eigenvalue weighted by molar-refractivity contribution is 5.55. The van der Waals surface area contributed by atoms with Crippen molar-refractivity contribution in [1.82, 2.24) is 20.2 Å². The van der Waals surface area contributed by atoms with Gasteiger partial charge >= 0.3 is 0 Å². The van der Waals surface area contributed by atoms with Gasteiger partial charge < -0.3 is 0 Å². The molecule has 1 heterocycles. The number of nitriles is 1. The molecule has 0 atom stereocenters. The Morgan fingerprint density at radius 3 is 3.06 bits per heavy atom. The third kappa shape index (κ3) is 2.67. The Balaban J connectivity index is 2.22. The molecule has 2 rings (SSSR count). The third-order valence-electron chi connectivity index (χ3n) is 2.47. The second-order valence-corrected chi connectivity index (χ2v) is 3.86. The highest BCUT2D eigenvalue weighted by Gasteiger charge is 2.08. The summed E-state index contributed by atoms with van der Waals surface area (Å²) in [6, 6.07) is 10.2. The van der Waals surface area contributed by atoms with Gasteiger partial charge in [0.1, 0.15) is 0 Å². The van der Waals surface area contributed by atoms with Gasteiger partial charge in [-0.15, -0.1) is 5.10 Å². The van der Waals surface area contributed by atoms with Crippen LogP contribution in [0.4, 0.5) is 0 Å². The van der Waals surface area contributed by atoms with E-state index in [1.807, 2.05) is 31.2 Å². The molecular weight excluding hydrogens is 214 g/mol. The van der Waals surface area contributed by atoms with E-state index < -0.39 is 0 Å². The first-order valence-electron chi connectivity index (χ1n) is 5.51. The van der Waals surface area contributed by atoms with Gasteiger partial charge in [-0.25, -0.2) is 4.68 Å². The average molecular weight is 227 g/mol. The molecule has 0 aliphatic heterocycles. The molecule has 5 heteroatoms. The van der Waals surface area contributed by atoms with Crippen LogP contribution in [0.1, 0.15) is 18.4 Å². The van der Waals surface area contributed by atoms with Crippen LogP contribution in [0.2, 0.25) is 0 Å². The molecule has 0 aliphatic rings. The summed E-state index contributed by atoms with van der Waals surface area (Å²) in [5, 5.41) is 20.2. The maximum Gasteiger partial charge on any atom is 0.182 e. The quantitative estimate of drug-likeness (QED) is 0.749. The van der Waals surface area contributed by atoms with Crippen LogP contribution in [0.25, 0.3) is 11.4 Å². The summed E-state index contributed by atoms with van der Waals surface area (Å²) in [5.74, 6) is 0.756. The first kappa shape index (κ1) is 11.3. The zero-order valence-corrected chi connectivity index (χ0v) is 9.67. The first-order chi connectivity index (χ1) is 8.31. The maximum atomic E-state index is 8.51. The van der Waals surface area contributed by atoms with Gasteiger partial charge in [-0.3, -0.25) is 0 Å². The molecule has 0 aliphatic carbocycles. The van der Waals surface area contributed by atoms with Crippen molar-refractivity contribution < 1.29 is 0 Å². The highest BCUT2D eigenvalue weighted by atomic mass is 15.5. The number of hydrogen-bond acceptors (Lipinski definition) is 4. The second-order valence-electron chi connectivity index (χ2n) is 3.86. The van der Waals surface area contributed by atoms with E-state index in [-0.39, 0.29) is 0 Å². The molecule has 0 fully saturated rings. The zero-order valence-electron chi connectivity index (χ0n) is 9.67. The standard InChI is InChI=1S/C12H13N5/c1-10-5-4-6-11(9-10)12-14-15-16-17(12)8-3-2-7-13/h4-6,9H,2-3,8H2,1H3. The third-order valence-corrected chi connectivity index (χ3v) is 2.47. The van der Waals surface area contributed by atoms with E-state index in [9.17, 15) is 0 Å². The summed E-state index contributed by atoms with van der Waals surface area (Å²) in [7, 11) is 0. The predicted octanol–water partition coefficient (Wildman–Crippen LogP) is 1.95. The Hall–Kier alpha value is -2.22. The van der Waals surface area contributed by atoms with E-state index in [0.717, 1.165) is 17.8 Å². The number of unbranched alkanes of at least 4 members (excludes halogenated alkanes) is 1. The van der Waals surface area contributed by atoms with Crippen LogP contribution in [0.5, 0.6) is 0 Å². The molecule has 2 aromatic rings. The van der Waals surface area contributed by atoms with Crippen LogP contribution in [-0.4, -0.2) is 20.2 Å². The van der Waals surface area contributed by atoms with Crippen LogP contribution in [-0.2, 0) is 6.54 Å². The molecule has 0 spiro atoms. The Bertz CT molecular complexity index is 538. The summed E-state index contributed by atoms with van der Waals surface area (Å²) < 4.78 is 1.74. The maximum absolute atomic E-state index is 8.51. The molecule has 0 N–H and O–H groups in total. The molecule has 0 saturated carbocycles. The summed E-state index contributed by atoms with van der Waals surface area (Å²) >= 11 is 0. The van der Waals surface area contributed by atoms with Gasteiger partial charge in [0.2, 0.25) is 0 Å². The van der Waals surface area contributed by atoms with Crippen LogP contribution < -0.4 is 0 Å². The van der Waals surface area contributed by atoms with E-state index in [2.05, 4.69) is 21.6 Å². The van der Waals surface area contributed by atoms with Crippen molar-refractivity contribution in [3.8, 4) is 17.5 Å². The molecule has 1 aromatic carbocycles. The van der Waals surface area contributed by atoms with Gasteiger partial charge in [0.25, 0.3) is 0 Å². The van der Waals surface area contributed by atoms with Crippen LogP contribution in [0, 0.1) is 18.3 Å². The fourth-order valence-electron chi connectivity index (χ4n) is 1.65. The van der Waals surface area contributed by atoms with Gasteiger partial charge in [0.05, 0.1) is 6.07 Å². The zero-order chi connectivity index (χ0) is 12.1. The number of rotatable bonds is 4. The number of nitrogens with zero attached hydrogens (tertiary/aromatic N) is 5. The second kappa shape index (κ2) is 5.21. The molecule has 86 valence electrons. The Morgan fingerprint density at radius 2 is 2.29 bits per heavy atom. The summed E-state index contributed by atoms with van der Waals surface area (Å²) in [4.78, 5) is 0. The highest BCUT2D eigenvalue weighted by Crippen LogP contribution is 2.17. The molecule has 5 nitrogen and oxygen atoms in total.